The minimum absolute atomic E-state index is 0.161. The van der Waals surface area contributed by atoms with Crippen LogP contribution in [-0.4, -0.2) is 16.7 Å². The van der Waals surface area contributed by atoms with Gasteiger partial charge >= 0.3 is 0 Å². The molecule has 4 heteroatoms. The summed E-state index contributed by atoms with van der Waals surface area (Å²) < 4.78 is 0. The summed E-state index contributed by atoms with van der Waals surface area (Å²) in [6, 6.07) is 27.6. The maximum atomic E-state index is 9.15. The third-order valence-corrected chi connectivity index (χ3v) is 5.76. The minimum Gasteiger partial charge on any atom is -0.396 e. The van der Waals surface area contributed by atoms with Crippen molar-refractivity contribution in [1.29, 1.82) is 0 Å². The van der Waals surface area contributed by atoms with E-state index in [-0.39, 0.29) is 6.61 Å². The van der Waals surface area contributed by atoms with Crippen LogP contribution in [0.15, 0.2) is 78.9 Å². The zero-order chi connectivity index (χ0) is 20.3. The van der Waals surface area contributed by atoms with Gasteiger partial charge in [-0.15, -0.1) is 0 Å². The zero-order valence-corrected chi connectivity index (χ0v) is 16.8. The molecule has 4 nitrogen and oxygen atoms in total. The SMILES string of the molecule is OCCc1cccc(Nc2ccc3nc(N[C@@H]4CCc5ccccc54)ccc3c2)c1. The number of hydrogen-bond donors (Lipinski definition) is 3. The second kappa shape index (κ2) is 8.17. The number of nitrogens with zero attached hydrogens (tertiary/aromatic N) is 1. The van der Waals surface area contributed by atoms with Crippen molar-refractivity contribution >= 4 is 28.1 Å². The molecule has 1 aromatic heterocycles. The molecule has 0 saturated carbocycles. The first-order valence-electron chi connectivity index (χ1n) is 10.5. The van der Waals surface area contributed by atoms with Crippen molar-refractivity contribution in [3.8, 4) is 0 Å². The molecule has 0 amide bonds. The van der Waals surface area contributed by atoms with E-state index >= 15 is 0 Å². The summed E-state index contributed by atoms with van der Waals surface area (Å²) in [6.07, 6.45) is 2.89. The van der Waals surface area contributed by atoms with E-state index in [1.807, 2.05) is 18.2 Å². The van der Waals surface area contributed by atoms with Gasteiger partial charge in [0.15, 0.2) is 0 Å². The average Bonchev–Trinajstić information content (AvgIpc) is 3.17. The molecule has 3 aromatic carbocycles. The van der Waals surface area contributed by atoms with Crippen LogP contribution in [0.3, 0.4) is 0 Å². The number of aliphatic hydroxyl groups excluding tert-OH is 1. The fraction of sp³-hybridized carbons (Fsp3) is 0.192. The lowest BCUT2D eigenvalue weighted by molar-refractivity contribution is 0.299. The molecule has 5 rings (SSSR count). The molecule has 30 heavy (non-hydrogen) atoms. The van der Waals surface area contributed by atoms with Gasteiger partial charge in [-0.2, -0.15) is 0 Å². The molecular formula is C26H25N3O. The summed E-state index contributed by atoms with van der Waals surface area (Å²) in [7, 11) is 0. The van der Waals surface area contributed by atoms with Crippen LogP contribution < -0.4 is 10.6 Å². The van der Waals surface area contributed by atoms with Gasteiger partial charge in [0, 0.05) is 23.4 Å². The lowest BCUT2D eigenvalue weighted by atomic mass is 10.1. The Labute approximate surface area is 176 Å². The van der Waals surface area contributed by atoms with E-state index in [0.717, 1.165) is 46.5 Å². The summed E-state index contributed by atoms with van der Waals surface area (Å²) in [6.45, 7) is 0.161. The van der Waals surface area contributed by atoms with Gasteiger partial charge < -0.3 is 15.7 Å². The molecule has 0 fully saturated rings. The number of hydrogen-bond acceptors (Lipinski definition) is 4. The minimum atomic E-state index is 0.161. The van der Waals surface area contributed by atoms with E-state index in [2.05, 4.69) is 71.3 Å². The van der Waals surface area contributed by atoms with Crippen molar-refractivity contribution in [2.24, 2.45) is 0 Å². The fourth-order valence-corrected chi connectivity index (χ4v) is 4.27. The number of rotatable bonds is 6. The van der Waals surface area contributed by atoms with E-state index in [1.54, 1.807) is 0 Å². The van der Waals surface area contributed by atoms with Gasteiger partial charge in [0.1, 0.15) is 5.82 Å². The summed E-state index contributed by atoms with van der Waals surface area (Å²) in [5.74, 6) is 0.918. The third-order valence-electron chi connectivity index (χ3n) is 5.76. The Morgan fingerprint density at radius 2 is 1.80 bits per heavy atom. The van der Waals surface area contributed by atoms with Gasteiger partial charge in [-0.25, -0.2) is 4.98 Å². The highest BCUT2D eigenvalue weighted by atomic mass is 16.2. The topological polar surface area (TPSA) is 57.2 Å². The van der Waals surface area contributed by atoms with Crippen LogP contribution in [0.4, 0.5) is 17.2 Å². The molecule has 3 N–H and O–H groups in total. The first-order chi connectivity index (χ1) is 14.8. The molecule has 0 spiro atoms. The monoisotopic (exact) mass is 395 g/mol. The Balaban J connectivity index is 1.34. The number of anilines is 3. The molecule has 150 valence electrons. The molecule has 0 bridgehead atoms. The normalized spacial score (nSPS) is 15.2. The molecule has 0 saturated heterocycles. The molecule has 1 aliphatic carbocycles. The average molecular weight is 396 g/mol. The van der Waals surface area contributed by atoms with E-state index in [9.17, 15) is 0 Å². The molecule has 0 unspecified atom stereocenters. The predicted molar refractivity (Wildman–Crippen MR) is 123 cm³/mol. The van der Waals surface area contributed by atoms with Crippen LogP contribution >= 0.6 is 0 Å². The van der Waals surface area contributed by atoms with Gasteiger partial charge in [-0.3, -0.25) is 0 Å². The van der Waals surface area contributed by atoms with Crippen molar-refractivity contribution in [3.63, 3.8) is 0 Å². The van der Waals surface area contributed by atoms with Crippen LogP contribution in [0.2, 0.25) is 0 Å². The summed E-state index contributed by atoms with van der Waals surface area (Å²) in [4.78, 5) is 4.83. The maximum absolute atomic E-state index is 9.15. The second-order valence-electron chi connectivity index (χ2n) is 7.84. The highest BCUT2D eigenvalue weighted by molar-refractivity contribution is 5.84. The Kier molecular flexibility index (Phi) is 5.08. The molecule has 1 heterocycles. The number of aromatic nitrogens is 1. The number of pyridine rings is 1. The number of aliphatic hydroxyl groups is 1. The molecule has 0 radical (unpaired) electrons. The van der Waals surface area contributed by atoms with Crippen LogP contribution in [0.25, 0.3) is 10.9 Å². The first kappa shape index (κ1) is 18.6. The van der Waals surface area contributed by atoms with Crippen LogP contribution in [0.5, 0.6) is 0 Å². The fourth-order valence-electron chi connectivity index (χ4n) is 4.27. The third kappa shape index (κ3) is 3.87. The highest BCUT2D eigenvalue weighted by Gasteiger charge is 2.21. The zero-order valence-electron chi connectivity index (χ0n) is 16.8. The summed E-state index contributed by atoms with van der Waals surface area (Å²) in [5, 5.41) is 17.3. The van der Waals surface area contributed by atoms with E-state index < -0.39 is 0 Å². The van der Waals surface area contributed by atoms with Gasteiger partial charge in [0.05, 0.1) is 11.6 Å². The quantitative estimate of drug-likeness (QED) is 0.397. The standard InChI is InChI=1S/C26H25N3O/c30-15-14-18-4-3-6-21(16-18)27-22-10-12-24-20(17-22)9-13-26(28-24)29-25-11-8-19-5-1-2-7-23(19)25/h1-7,9-10,12-13,16-17,25,27,30H,8,11,14-15H2,(H,28,29)/t25-/m1/s1. The molecule has 4 aromatic rings. The van der Waals surface area contributed by atoms with Crippen molar-refractivity contribution in [3.05, 3.63) is 95.6 Å². The lowest BCUT2D eigenvalue weighted by Gasteiger charge is -2.15. The molecule has 1 atom stereocenters. The van der Waals surface area contributed by atoms with Gasteiger partial charge in [0.25, 0.3) is 0 Å². The smallest absolute Gasteiger partial charge is 0.127 e. The van der Waals surface area contributed by atoms with Crippen LogP contribution in [0.1, 0.15) is 29.2 Å². The Bertz CT molecular complexity index is 1190. The van der Waals surface area contributed by atoms with Gasteiger partial charge in [-0.1, -0.05) is 36.4 Å². The lowest BCUT2D eigenvalue weighted by Crippen LogP contribution is -2.08. The predicted octanol–water partition coefficient (Wildman–Crippen LogP) is 5.61. The number of aryl methyl sites for hydroxylation is 1. The van der Waals surface area contributed by atoms with Crippen molar-refractivity contribution < 1.29 is 5.11 Å². The van der Waals surface area contributed by atoms with Crippen molar-refractivity contribution in [2.75, 3.05) is 17.2 Å². The molecule has 1 aliphatic rings. The second-order valence-corrected chi connectivity index (χ2v) is 7.84. The van der Waals surface area contributed by atoms with Crippen LogP contribution in [0, 0.1) is 0 Å². The summed E-state index contributed by atoms with van der Waals surface area (Å²) in [5.41, 5.74) is 6.97. The Hall–Kier alpha value is -3.37. The number of benzene rings is 3. The number of fused-ring (bicyclic) bond motifs is 2. The highest BCUT2D eigenvalue weighted by Crippen LogP contribution is 2.33. The van der Waals surface area contributed by atoms with Gasteiger partial charge in [-0.05, 0) is 78.4 Å². The van der Waals surface area contributed by atoms with Crippen molar-refractivity contribution in [1.82, 2.24) is 4.98 Å². The van der Waals surface area contributed by atoms with E-state index in [1.165, 1.54) is 11.1 Å². The Morgan fingerprint density at radius 1 is 0.900 bits per heavy atom. The largest absolute Gasteiger partial charge is 0.396 e. The van der Waals surface area contributed by atoms with E-state index in [0.29, 0.717) is 12.5 Å². The molecule has 0 aliphatic heterocycles. The molecular weight excluding hydrogens is 370 g/mol. The number of nitrogens with one attached hydrogen (secondary N) is 2. The Morgan fingerprint density at radius 3 is 2.73 bits per heavy atom. The van der Waals surface area contributed by atoms with E-state index in [4.69, 9.17) is 10.1 Å². The van der Waals surface area contributed by atoms with Crippen molar-refractivity contribution in [2.45, 2.75) is 25.3 Å². The van der Waals surface area contributed by atoms with Gasteiger partial charge in [0.2, 0.25) is 0 Å². The van der Waals surface area contributed by atoms with Crippen LogP contribution in [-0.2, 0) is 12.8 Å². The first-order valence-corrected chi connectivity index (χ1v) is 10.5. The maximum Gasteiger partial charge on any atom is 0.127 e. The summed E-state index contributed by atoms with van der Waals surface area (Å²) >= 11 is 0.